The predicted octanol–water partition coefficient (Wildman–Crippen LogP) is 3.10. The minimum atomic E-state index is 0. The fourth-order valence-electron chi connectivity index (χ4n) is 4.80. The summed E-state index contributed by atoms with van der Waals surface area (Å²) in [6, 6.07) is 11.6. The maximum Gasteiger partial charge on any atom is 0.227 e. The van der Waals surface area contributed by atoms with Gasteiger partial charge in [0.2, 0.25) is 5.91 Å². The number of amides is 1. The zero-order valence-electron chi connectivity index (χ0n) is 15.3. The van der Waals surface area contributed by atoms with Gasteiger partial charge in [0, 0.05) is 31.7 Å². The van der Waals surface area contributed by atoms with E-state index in [4.69, 9.17) is 0 Å². The molecule has 3 fully saturated rings. The third kappa shape index (κ3) is 4.72. The first-order valence-electron chi connectivity index (χ1n) is 9.60. The van der Waals surface area contributed by atoms with Crippen molar-refractivity contribution in [3.63, 3.8) is 0 Å². The molecule has 0 aromatic heterocycles. The zero-order chi connectivity index (χ0) is 16.4. The van der Waals surface area contributed by atoms with E-state index in [2.05, 4.69) is 45.4 Å². The van der Waals surface area contributed by atoms with Crippen LogP contribution in [0.15, 0.2) is 30.3 Å². The number of nitrogens with one attached hydrogen (secondary N) is 1. The highest BCUT2D eigenvalue weighted by molar-refractivity contribution is 5.85. The second-order valence-electron chi connectivity index (χ2n) is 7.68. The molecule has 2 bridgehead atoms. The second kappa shape index (κ2) is 9.93. The van der Waals surface area contributed by atoms with Gasteiger partial charge in [-0.25, -0.2) is 0 Å². The minimum absolute atomic E-state index is 0. The van der Waals surface area contributed by atoms with Crippen molar-refractivity contribution in [2.24, 2.45) is 5.92 Å². The maximum atomic E-state index is 13.2. The van der Waals surface area contributed by atoms with E-state index in [0.29, 0.717) is 18.0 Å². The van der Waals surface area contributed by atoms with E-state index >= 15 is 0 Å². The molecule has 3 atom stereocenters. The second-order valence-corrected chi connectivity index (χ2v) is 7.68. The smallest absolute Gasteiger partial charge is 0.227 e. The molecule has 1 N–H and O–H groups in total. The molecule has 26 heavy (non-hydrogen) atoms. The fourth-order valence-corrected chi connectivity index (χ4v) is 4.80. The molecule has 4 rings (SSSR count). The van der Waals surface area contributed by atoms with E-state index in [1.54, 1.807) is 0 Å². The summed E-state index contributed by atoms with van der Waals surface area (Å²) in [6.45, 7) is 5.07. The number of benzene rings is 1. The summed E-state index contributed by atoms with van der Waals surface area (Å²) in [5, 5.41) is 3.50. The Labute approximate surface area is 169 Å². The van der Waals surface area contributed by atoms with Crippen LogP contribution >= 0.6 is 24.8 Å². The number of fused-ring (bicyclic) bond motifs is 2. The van der Waals surface area contributed by atoms with Crippen molar-refractivity contribution >= 4 is 30.7 Å². The minimum Gasteiger partial charge on any atom is -0.335 e. The lowest BCUT2D eigenvalue weighted by Gasteiger charge is -2.37. The topological polar surface area (TPSA) is 35.6 Å². The van der Waals surface area contributed by atoms with Gasteiger partial charge in [0.05, 0.1) is 5.92 Å². The summed E-state index contributed by atoms with van der Waals surface area (Å²) < 4.78 is 0. The van der Waals surface area contributed by atoms with Gasteiger partial charge in [-0.3, -0.25) is 9.69 Å². The van der Waals surface area contributed by atoms with Crippen LogP contribution in [0.1, 0.15) is 37.7 Å². The van der Waals surface area contributed by atoms with Crippen LogP contribution in [-0.2, 0) is 11.3 Å². The quantitative estimate of drug-likeness (QED) is 0.847. The molecule has 0 aliphatic carbocycles. The van der Waals surface area contributed by atoms with E-state index in [0.717, 1.165) is 52.0 Å². The van der Waals surface area contributed by atoms with Crippen LogP contribution in [0.5, 0.6) is 0 Å². The van der Waals surface area contributed by atoms with Crippen molar-refractivity contribution in [1.29, 1.82) is 0 Å². The molecule has 1 aromatic rings. The highest BCUT2D eigenvalue weighted by Crippen LogP contribution is 2.31. The van der Waals surface area contributed by atoms with Crippen LogP contribution in [0.25, 0.3) is 0 Å². The Bertz CT molecular complexity index is 557. The van der Waals surface area contributed by atoms with Gasteiger partial charge in [-0.1, -0.05) is 30.3 Å². The van der Waals surface area contributed by atoms with Crippen LogP contribution in [0, 0.1) is 5.92 Å². The SMILES string of the molecule is Cl.Cl.O=C(C1CCCN(Cc2ccccc2)C1)N1C2CCNCC1CC2. The number of hydrogen-bond acceptors (Lipinski definition) is 3. The summed E-state index contributed by atoms with van der Waals surface area (Å²) >= 11 is 0. The number of likely N-dealkylation sites (tertiary alicyclic amines) is 1. The number of carbonyl (C=O) groups excluding carboxylic acids is 1. The molecule has 3 heterocycles. The molecule has 4 nitrogen and oxygen atoms in total. The van der Waals surface area contributed by atoms with Crippen molar-refractivity contribution in [3.05, 3.63) is 35.9 Å². The monoisotopic (exact) mass is 399 g/mol. The van der Waals surface area contributed by atoms with E-state index < -0.39 is 0 Å². The van der Waals surface area contributed by atoms with Crippen molar-refractivity contribution in [2.75, 3.05) is 26.2 Å². The van der Waals surface area contributed by atoms with Gasteiger partial charge in [0.25, 0.3) is 0 Å². The summed E-state index contributed by atoms with van der Waals surface area (Å²) in [4.78, 5) is 18.0. The first-order valence-corrected chi connectivity index (χ1v) is 9.60. The lowest BCUT2D eigenvalue weighted by molar-refractivity contribution is -0.140. The number of hydrogen-bond donors (Lipinski definition) is 1. The van der Waals surface area contributed by atoms with E-state index in [1.165, 1.54) is 18.4 Å². The molecule has 1 amide bonds. The highest BCUT2D eigenvalue weighted by atomic mass is 35.5. The van der Waals surface area contributed by atoms with E-state index in [-0.39, 0.29) is 30.7 Å². The van der Waals surface area contributed by atoms with Crippen molar-refractivity contribution < 1.29 is 4.79 Å². The maximum absolute atomic E-state index is 13.2. The Morgan fingerprint density at radius 1 is 1.04 bits per heavy atom. The first kappa shape index (κ1) is 21.5. The molecular weight excluding hydrogens is 369 g/mol. The van der Waals surface area contributed by atoms with Crippen LogP contribution in [0.4, 0.5) is 0 Å². The van der Waals surface area contributed by atoms with Gasteiger partial charge >= 0.3 is 0 Å². The lowest BCUT2D eigenvalue weighted by Crippen LogP contribution is -2.49. The van der Waals surface area contributed by atoms with Gasteiger partial charge in [-0.05, 0) is 50.8 Å². The average molecular weight is 400 g/mol. The van der Waals surface area contributed by atoms with Crippen LogP contribution in [0.3, 0.4) is 0 Å². The molecular formula is C20H31Cl2N3O. The fraction of sp³-hybridized carbons (Fsp3) is 0.650. The summed E-state index contributed by atoms with van der Waals surface area (Å²) in [6.07, 6.45) is 5.73. The third-order valence-electron chi connectivity index (χ3n) is 6.01. The van der Waals surface area contributed by atoms with Gasteiger partial charge in [-0.2, -0.15) is 0 Å². The summed E-state index contributed by atoms with van der Waals surface area (Å²) in [5.41, 5.74) is 1.35. The Balaban J connectivity index is 0.00000121. The molecule has 146 valence electrons. The van der Waals surface area contributed by atoms with Crippen molar-refractivity contribution in [2.45, 2.75) is 50.7 Å². The standard InChI is InChI=1S/C20H29N3O.2ClH/c24-20(23-18-8-9-19(23)13-21-11-10-18)17-7-4-12-22(15-17)14-16-5-2-1-3-6-16;;/h1-3,5-6,17-19,21H,4,7-15H2;2*1H. The van der Waals surface area contributed by atoms with Crippen LogP contribution in [-0.4, -0.2) is 54.0 Å². The molecule has 3 aliphatic heterocycles. The highest BCUT2D eigenvalue weighted by Gasteiger charge is 2.41. The Kier molecular flexibility index (Phi) is 8.21. The zero-order valence-corrected chi connectivity index (χ0v) is 16.9. The first-order chi connectivity index (χ1) is 11.8. The molecule has 0 saturated carbocycles. The molecule has 0 spiro atoms. The molecule has 3 unspecified atom stereocenters. The molecule has 3 saturated heterocycles. The number of halogens is 2. The molecule has 1 aromatic carbocycles. The number of rotatable bonds is 3. The summed E-state index contributed by atoms with van der Waals surface area (Å²) in [7, 11) is 0. The van der Waals surface area contributed by atoms with Gasteiger partial charge in [-0.15, -0.1) is 24.8 Å². The Hall–Kier alpha value is -0.810. The van der Waals surface area contributed by atoms with Gasteiger partial charge in [0.15, 0.2) is 0 Å². The van der Waals surface area contributed by atoms with Crippen molar-refractivity contribution in [3.8, 4) is 0 Å². The number of carbonyl (C=O) groups is 1. The van der Waals surface area contributed by atoms with Crippen LogP contribution < -0.4 is 5.32 Å². The average Bonchev–Trinajstić information content (AvgIpc) is 2.88. The molecule has 3 aliphatic rings. The normalized spacial score (nSPS) is 28.6. The summed E-state index contributed by atoms with van der Waals surface area (Å²) in [5.74, 6) is 0.632. The van der Waals surface area contributed by atoms with E-state index in [9.17, 15) is 4.79 Å². The van der Waals surface area contributed by atoms with Gasteiger partial charge in [0.1, 0.15) is 0 Å². The largest absolute Gasteiger partial charge is 0.335 e. The Morgan fingerprint density at radius 2 is 1.81 bits per heavy atom. The number of piperidine rings is 1. The predicted molar refractivity (Wildman–Crippen MR) is 110 cm³/mol. The van der Waals surface area contributed by atoms with E-state index in [1.807, 2.05) is 0 Å². The van der Waals surface area contributed by atoms with Crippen molar-refractivity contribution in [1.82, 2.24) is 15.1 Å². The lowest BCUT2D eigenvalue weighted by atomic mass is 9.95. The third-order valence-corrected chi connectivity index (χ3v) is 6.01. The molecule has 0 radical (unpaired) electrons. The molecule has 6 heteroatoms. The van der Waals surface area contributed by atoms with Gasteiger partial charge < -0.3 is 10.2 Å². The Morgan fingerprint density at radius 3 is 2.62 bits per heavy atom. The van der Waals surface area contributed by atoms with Crippen LogP contribution in [0.2, 0.25) is 0 Å². The number of nitrogens with zero attached hydrogens (tertiary/aromatic N) is 2.